The van der Waals surface area contributed by atoms with Gasteiger partial charge in [-0.25, -0.2) is 23.4 Å². The van der Waals surface area contributed by atoms with E-state index in [9.17, 15) is 8.42 Å². The first-order valence-electron chi connectivity index (χ1n) is 14.4. The number of imidazole rings is 1. The average molecular weight is 602 g/mol. The number of pyridine rings is 2. The summed E-state index contributed by atoms with van der Waals surface area (Å²) in [6.45, 7) is 1.91. The molecular weight excluding hydrogens is 570 g/mol. The minimum absolute atomic E-state index is 0.197. The van der Waals surface area contributed by atoms with Crippen molar-refractivity contribution < 1.29 is 8.42 Å². The van der Waals surface area contributed by atoms with Crippen molar-refractivity contribution in [3.05, 3.63) is 114 Å². The molecule has 1 fully saturated rings. The molecule has 0 radical (unpaired) electrons. The minimum Gasteiger partial charge on any atom is -0.383 e. The van der Waals surface area contributed by atoms with E-state index in [-0.39, 0.29) is 10.4 Å². The molecule has 0 spiro atoms. The zero-order chi connectivity index (χ0) is 30.5. The highest BCUT2D eigenvalue weighted by Crippen LogP contribution is 2.39. The van der Waals surface area contributed by atoms with E-state index in [0.717, 1.165) is 41.6 Å². The summed E-state index contributed by atoms with van der Waals surface area (Å²) in [4.78, 5) is 14.4. The molecule has 6 aromatic rings. The molecule has 44 heavy (non-hydrogen) atoms. The molecule has 0 bridgehead atoms. The fourth-order valence-corrected chi connectivity index (χ4v) is 6.66. The van der Waals surface area contributed by atoms with Crippen LogP contribution >= 0.6 is 0 Å². The summed E-state index contributed by atoms with van der Waals surface area (Å²) < 4.78 is 30.8. The lowest BCUT2D eigenvalue weighted by Crippen LogP contribution is -2.43. The van der Waals surface area contributed by atoms with Crippen LogP contribution in [-0.4, -0.2) is 27.9 Å². The minimum atomic E-state index is -3.76. The summed E-state index contributed by atoms with van der Waals surface area (Å²) in [5.74, 6) is 0.985. The van der Waals surface area contributed by atoms with Crippen LogP contribution in [0.3, 0.4) is 0 Å². The van der Waals surface area contributed by atoms with Gasteiger partial charge in [-0.1, -0.05) is 42.0 Å². The van der Waals surface area contributed by atoms with Crippen molar-refractivity contribution in [1.29, 1.82) is 0 Å². The van der Waals surface area contributed by atoms with Crippen molar-refractivity contribution in [3.63, 3.8) is 0 Å². The number of nitrogens with one attached hydrogen (secondary N) is 1. The first-order valence-corrected chi connectivity index (χ1v) is 15.9. The maximum atomic E-state index is 13.0. The van der Waals surface area contributed by atoms with Crippen molar-refractivity contribution in [2.45, 2.75) is 36.6 Å². The van der Waals surface area contributed by atoms with Gasteiger partial charge in [0.05, 0.1) is 16.2 Å². The second-order valence-corrected chi connectivity index (χ2v) is 13.0. The Kier molecular flexibility index (Phi) is 6.68. The highest BCUT2D eigenvalue weighted by molar-refractivity contribution is 7.92. The first-order chi connectivity index (χ1) is 21.2. The number of sulfonamides is 1. The standard InChI is InChI=1S/C34H31N7O2S/c1-22-8-14-27(15-9-22)44(42,43)40-25-6-2-5-23(21-25)29-16-17-30-33(38-29)41(32(39-30)28-7-3-20-37-31(28)35)26-12-10-24(11-13-26)34(36)18-4-19-34/h2-3,5-17,20-21,40H,4,18-19,36H2,1H3,(H2,35,37). The van der Waals surface area contributed by atoms with E-state index in [1.807, 2.05) is 54.0 Å². The zero-order valence-electron chi connectivity index (χ0n) is 24.1. The monoisotopic (exact) mass is 601 g/mol. The van der Waals surface area contributed by atoms with Gasteiger partial charge in [-0.2, -0.15) is 0 Å². The Bertz CT molecular complexity index is 2120. The molecule has 3 aromatic heterocycles. The van der Waals surface area contributed by atoms with Gasteiger partial charge in [0.15, 0.2) is 11.5 Å². The third-order valence-corrected chi connectivity index (χ3v) is 9.67. The number of benzene rings is 3. The third kappa shape index (κ3) is 4.97. The van der Waals surface area contributed by atoms with E-state index < -0.39 is 10.0 Å². The molecule has 0 unspecified atom stereocenters. The first kappa shape index (κ1) is 27.8. The van der Waals surface area contributed by atoms with Crippen LogP contribution in [0.1, 0.15) is 30.4 Å². The Balaban J connectivity index is 1.31. The Morgan fingerprint density at radius 2 is 1.66 bits per heavy atom. The average Bonchev–Trinajstić information content (AvgIpc) is 3.39. The molecule has 3 aromatic carbocycles. The Hall–Kier alpha value is -5.06. The largest absolute Gasteiger partial charge is 0.383 e. The number of fused-ring (bicyclic) bond motifs is 1. The molecule has 3 heterocycles. The maximum absolute atomic E-state index is 13.0. The van der Waals surface area contributed by atoms with Crippen molar-refractivity contribution in [1.82, 2.24) is 19.5 Å². The van der Waals surface area contributed by atoms with Gasteiger partial charge in [0.25, 0.3) is 10.0 Å². The molecule has 5 N–H and O–H groups in total. The van der Waals surface area contributed by atoms with Gasteiger partial charge in [-0.05, 0) is 92.4 Å². The number of nitrogens with two attached hydrogens (primary N) is 2. The smallest absolute Gasteiger partial charge is 0.261 e. The lowest BCUT2D eigenvalue weighted by atomic mass is 9.73. The molecule has 9 nitrogen and oxygen atoms in total. The molecule has 1 saturated carbocycles. The summed E-state index contributed by atoms with van der Waals surface area (Å²) in [5, 5.41) is 0. The quantitative estimate of drug-likeness (QED) is 0.198. The Morgan fingerprint density at radius 1 is 0.886 bits per heavy atom. The fourth-order valence-electron chi connectivity index (χ4n) is 5.61. The van der Waals surface area contributed by atoms with Gasteiger partial charge < -0.3 is 11.5 Å². The molecule has 220 valence electrons. The van der Waals surface area contributed by atoms with Crippen LogP contribution in [0.4, 0.5) is 11.5 Å². The van der Waals surface area contributed by atoms with E-state index in [4.69, 9.17) is 21.4 Å². The van der Waals surface area contributed by atoms with E-state index in [0.29, 0.717) is 39.8 Å². The highest BCUT2D eigenvalue weighted by atomic mass is 32.2. The Morgan fingerprint density at radius 3 is 2.36 bits per heavy atom. The van der Waals surface area contributed by atoms with Crippen molar-refractivity contribution in [2.75, 3.05) is 10.5 Å². The van der Waals surface area contributed by atoms with Gasteiger partial charge in [0, 0.05) is 28.7 Å². The lowest BCUT2D eigenvalue weighted by molar-refractivity contribution is 0.253. The normalized spacial score (nSPS) is 14.3. The third-order valence-electron chi connectivity index (χ3n) is 8.27. The SMILES string of the molecule is Cc1ccc(S(=O)(=O)Nc2cccc(-c3ccc4nc(-c5cccnc5N)n(-c5ccc(C6(N)CCC6)cc5)c4n3)c2)cc1. The number of anilines is 2. The molecule has 0 saturated heterocycles. The number of rotatable bonds is 7. The van der Waals surface area contributed by atoms with Crippen LogP contribution in [0, 0.1) is 6.92 Å². The van der Waals surface area contributed by atoms with Crippen molar-refractivity contribution in [2.24, 2.45) is 5.73 Å². The topological polar surface area (TPSA) is 142 Å². The molecule has 1 aliphatic rings. The molecule has 10 heteroatoms. The van der Waals surface area contributed by atoms with E-state index in [2.05, 4.69) is 21.8 Å². The molecule has 0 atom stereocenters. The van der Waals surface area contributed by atoms with Gasteiger partial charge in [-0.3, -0.25) is 9.29 Å². The molecule has 1 aliphatic carbocycles. The second kappa shape index (κ2) is 10.6. The zero-order valence-corrected chi connectivity index (χ0v) is 24.9. The molecule has 0 amide bonds. The van der Waals surface area contributed by atoms with E-state index in [1.54, 1.807) is 48.7 Å². The van der Waals surface area contributed by atoms with Crippen LogP contribution in [0.2, 0.25) is 0 Å². The van der Waals surface area contributed by atoms with Crippen molar-refractivity contribution in [3.8, 4) is 28.3 Å². The summed E-state index contributed by atoms with van der Waals surface area (Å²) in [6, 6.07) is 29.6. The molecule has 7 rings (SSSR count). The highest BCUT2D eigenvalue weighted by Gasteiger charge is 2.34. The van der Waals surface area contributed by atoms with Crippen molar-refractivity contribution >= 4 is 32.7 Å². The lowest BCUT2D eigenvalue weighted by Gasteiger charge is -2.38. The van der Waals surface area contributed by atoms with Crippen LogP contribution in [0.15, 0.2) is 108 Å². The molecular formula is C34H31N7O2S. The fraction of sp³-hybridized carbons (Fsp3) is 0.147. The summed E-state index contributed by atoms with van der Waals surface area (Å²) in [6.07, 6.45) is 4.73. The summed E-state index contributed by atoms with van der Waals surface area (Å²) in [5.41, 5.74) is 19.4. The van der Waals surface area contributed by atoms with E-state index >= 15 is 0 Å². The number of aryl methyl sites for hydroxylation is 1. The Labute approximate surface area is 255 Å². The summed E-state index contributed by atoms with van der Waals surface area (Å²) in [7, 11) is -3.76. The number of nitrogens with zero attached hydrogens (tertiary/aromatic N) is 4. The van der Waals surface area contributed by atoms with Gasteiger partial charge in [-0.15, -0.1) is 0 Å². The van der Waals surface area contributed by atoms with Gasteiger partial charge in [0.2, 0.25) is 0 Å². The van der Waals surface area contributed by atoms with Crippen LogP contribution in [0.25, 0.3) is 39.5 Å². The predicted octanol–water partition coefficient (Wildman–Crippen LogP) is 6.18. The maximum Gasteiger partial charge on any atom is 0.261 e. The summed E-state index contributed by atoms with van der Waals surface area (Å²) >= 11 is 0. The number of hydrogen-bond donors (Lipinski definition) is 3. The van der Waals surface area contributed by atoms with Crippen LogP contribution in [-0.2, 0) is 15.6 Å². The van der Waals surface area contributed by atoms with Crippen LogP contribution < -0.4 is 16.2 Å². The predicted molar refractivity (Wildman–Crippen MR) is 174 cm³/mol. The molecule has 0 aliphatic heterocycles. The van der Waals surface area contributed by atoms with Crippen LogP contribution in [0.5, 0.6) is 0 Å². The number of hydrogen-bond acceptors (Lipinski definition) is 7. The number of aromatic nitrogens is 4. The van der Waals surface area contributed by atoms with E-state index in [1.165, 1.54) is 0 Å². The van der Waals surface area contributed by atoms with Gasteiger partial charge >= 0.3 is 0 Å². The second-order valence-electron chi connectivity index (χ2n) is 11.3. The van der Waals surface area contributed by atoms with Gasteiger partial charge in [0.1, 0.15) is 11.3 Å². The number of nitrogen functional groups attached to an aromatic ring is 1.